The Kier molecular flexibility index (Phi) is 12.1. The van der Waals surface area contributed by atoms with Crippen molar-refractivity contribution < 1.29 is 59.5 Å². The number of aromatic nitrogens is 2. The number of aryl methyl sites for hydroxylation is 1. The molecule has 7 aromatic rings. The molecule has 0 saturated heterocycles. The lowest BCUT2D eigenvalue weighted by atomic mass is 9.99. The molecule has 9 rings (SSSR count). The van der Waals surface area contributed by atoms with Gasteiger partial charge in [0.2, 0.25) is 0 Å². The number of nitrogens with zero attached hydrogens (tertiary/aromatic N) is 2. The molecule has 0 atom stereocenters. The van der Waals surface area contributed by atoms with Gasteiger partial charge in [-0.1, -0.05) is 68.7 Å². The predicted octanol–water partition coefficient (Wildman–Crippen LogP) is 13.5. The van der Waals surface area contributed by atoms with Gasteiger partial charge in [-0.2, -0.15) is 0 Å². The summed E-state index contributed by atoms with van der Waals surface area (Å²) in [6, 6.07) is 23.5. The molecule has 0 aliphatic heterocycles. The van der Waals surface area contributed by atoms with Crippen molar-refractivity contribution in [3.63, 3.8) is 0 Å². The van der Waals surface area contributed by atoms with E-state index in [0.717, 1.165) is 69.3 Å². The van der Waals surface area contributed by atoms with Gasteiger partial charge in [0.05, 0.1) is 12.0 Å². The van der Waals surface area contributed by atoms with Gasteiger partial charge in [0, 0.05) is 38.6 Å². The fourth-order valence-corrected chi connectivity index (χ4v) is 8.72. The van der Waals surface area contributed by atoms with Crippen LogP contribution in [0, 0.1) is 6.92 Å². The van der Waals surface area contributed by atoms with E-state index in [1.165, 1.54) is 41.7 Å². The Hall–Kier alpha value is -5.81. The highest BCUT2D eigenvalue weighted by Crippen LogP contribution is 2.47. The molecular formula is C45H35BrF6N2O7S. The Bertz CT molecular complexity index is 2740. The Morgan fingerprint density at radius 2 is 1.34 bits per heavy atom. The smallest absolute Gasteiger partial charge is 0.489 e. The van der Waals surface area contributed by atoms with E-state index < -0.39 is 18.7 Å². The number of carbonyl (C=O) groups is 1. The molecule has 0 amide bonds. The van der Waals surface area contributed by atoms with E-state index in [4.69, 9.17) is 18.9 Å². The van der Waals surface area contributed by atoms with Crippen molar-refractivity contribution in [3.05, 3.63) is 124 Å². The van der Waals surface area contributed by atoms with Gasteiger partial charge in [-0.3, -0.25) is 4.79 Å². The summed E-state index contributed by atoms with van der Waals surface area (Å²) >= 11 is 4.87. The van der Waals surface area contributed by atoms with Gasteiger partial charge >= 0.3 is 18.7 Å². The number of carboxylic acid groups (broad SMARTS) is 1. The largest absolute Gasteiger partial charge is 0.573 e. The quantitative estimate of drug-likeness (QED) is 0.0891. The van der Waals surface area contributed by atoms with Crippen LogP contribution < -0.4 is 14.2 Å². The summed E-state index contributed by atoms with van der Waals surface area (Å²) in [6.07, 6.45) is -5.71. The number of halogens is 7. The minimum Gasteiger partial charge on any atom is -0.489 e. The van der Waals surface area contributed by atoms with Crippen LogP contribution in [-0.4, -0.2) is 34.1 Å². The highest BCUT2D eigenvalue weighted by atomic mass is 79.9. The molecule has 0 unspecified atom stereocenters. The Labute approximate surface area is 362 Å². The van der Waals surface area contributed by atoms with Crippen LogP contribution >= 0.6 is 27.3 Å². The zero-order chi connectivity index (χ0) is 43.8. The molecule has 0 bridgehead atoms. The van der Waals surface area contributed by atoms with Crippen LogP contribution in [0.25, 0.3) is 43.7 Å². The van der Waals surface area contributed by atoms with E-state index >= 15 is 0 Å². The second kappa shape index (κ2) is 17.5. The molecule has 322 valence electrons. The minimum atomic E-state index is -4.84. The maximum atomic E-state index is 13.1. The summed E-state index contributed by atoms with van der Waals surface area (Å²) in [5, 5.41) is 20.5. The standard InChI is InChI=1S/C31H24F3NO5S.C14H11BrF3NO2/c1-17-12-21(9-11-22(17)19-8-10-23-20(14-28(36)37)16-41-27(23)13-19)38-15-25-29(35-40-30(25)18-6-7-18)24-4-2-3-5-26(24)39-31(32,33)34;15-7-10-12(19-21-13(10)8-5-6-8)9-3-1-2-4-11(9)20-14(16,17)18/h2-5,8-13,16,18H,6-7,14-15H2,1H3,(H,36,37);1-4,8H,5-7H2. The van der Waals surface area contributed by atoms with Crippen LogP contribution in [0.3, 0.4) is 0 Å². The lowest BCUT2D eigenvalue weighted by Gasteiger charge is -2.14. The van der Waals surface area contributed by atoms with Gasteiger partial charge in [0.1, 0.15) is 46.8 Å². The Morgan fingerprint density at radius 1 is 0.774 bits per heavy atom. The molecular weight excluding hydrogens is 906 g/mol. The second-order valence-electron chi connectivity index (χ2n) is 14.8. The van der Waals surface area contributed by atoms with Crippen LogP contribution in [0.5, 0.6) is 17.2 Å². The molecule has 1 N–H and O–H groups in total. The number of thiophene rings is 1. The summed E-state index contributed by atoms with van der Waals surface area (Å²) in [5.74, 6) is 0.984. The van der Waals surface area contributed by atoms with Crippen LogP contribution in [0.4, 0.5) is 26.3 Å². The van der Waals surface area contributed by atoms with Crippen LogP contribution in [0.15, 0.2) is 99.4 Å². The zero-order valence-corrected chi connectivity index (χ0v) is 35.0. The van der Waals surface area contributed by atoms with Crippen molar-refractivity contribution in [2.24, 2.45) is 0 Å². The van der Waals surface area contributed by atoms with Gasteiger partial charge in [-0.15, -0.1) is 37.7 Å². The number of hydrogen-bond donors (Lipinski definition) is 1. The van der Waals surface area contributed by atoms with Crippen molar-refractivity contribution >= 4 is 43.3 Å². The molecule has 2 aliphatic carbocycles. The zero-order valence-electron chi connectivity index (χ0n) is 32.6. The first-order valence-corrected chi connectivity index (χ1v) is 21.3. The fourth-order valence-electron chi connectivity index (χ4n) is 7.18. The van der Waals surface area contributed by atoms with Crippen molar-refractivity contribution in [1.82, 2.24) is 10.3 Å². The lowest BCUT2D eigenvalue weighted by molar-refractivity contribution is -0.275. The molecule has 17 heteroatoms. The second-order valence-corrected chi connectivity index (χ2v) is 16.3. The number of para-hydroxylation sites is 2. The summed E-state index contributed by atoms with van der Waals surface area (Å²) in [6.45, 7) is 2.04. The maximum Gasteiger partial charge on any atom is 0.573 e. The van der Waals surface area contributed by atoms with Crippen molar-refractivity contribution in [2.45, 2.75) is 75.5 Å². The number of hydrogen-bond acceptors (Lipinski definition) is 9. The summed E-state index contributed by atoms with van der Waals surface area (Å²) in [7, 11) is 0. The molecule has 2 aliphatic rings. The summed E-state index contributed by atoms with van der Waals surface area (Å²) in [4.78, 5) is 11.2. The third-order valence-corrected chi connectivity index (χ3v) is 11.8. The fraction of sp³-hybridized carbons (Fsp3) is 0.267. The molecule has 2 saturated carbocycles. The van der Waals surface area contributed by atoms with E-state index in [0.29, 0.717) is 34.0 Å². The summed E-state index contributed by atoms with van der Waals surface area (Å²) < 4.78 is 103. The molecule has 62 heavy (non-hydrogen) atoms. The maximum absolute atomic E-state index is 13.1. The number of benzene rings is 4. The Morgan fingerprint density at radius 3 is 1.87 bits per heavy atom. The molecule has 0 spiro atoms. The highest BCUT2D eigenvalue weighted by molar-refractivity contribution is 9.08. The van der Waals surface area contributed by atoms with Gasteiger partial charge in [0.15, 0.2) is 0 Å². The number of fused-ring (bicyclic) bond motifs is 1. The van der Waals surface area contributed by atoms with Crippen LogP contribution in [-0.2, 0) is 23.2 Å². The third-order valence-electron chi connectivity index (χ3n) is 10.3. The van der Waals surface area contributed by atoms with E-state index in [1.54, 1.807) is 18.2 Å². The molecule has 2 fully saturated rings. The van der Waals surface area contributed by atoms with Gasteiger partial charge in [-0.05, 0) is 108 Å². The average Bonchev–Trinajstić information content (AvgIpc) is 4.13. The van der Waals surface area contributed by atoms with E-state index in [2.05, 4.69) is 41.8 Å². The van der Waals surface area contributed by atoms with Gasteiger partial charge < -0.3 is 28.4 Å². The lowest BCUT2D eigenvalue weighted by Crippen LogP contribution is -2.17. The van der Waals surface area contributed by atoms with Crippen LogP contribution in [0.2, 0.25) is 0 Å². The normalized spacial score (nSPS) is 14.1. The molecule has 4 aromatic carbocycles. The highest BCUT2D eigenvalue weighted by Gasteiger charge is 2.37. The number of ether oxygens (including phenoxy) is 3. The number of carboxylic acids is 1. The first-order valence-electron chi connectivity index (χ1n) is 19.3. The minimum absolute atomic E-state index is 0.0122. The first-order chi connectivity index (χ1) is 29.7. The molecule has 9 nitrogen and oxygen atoms in total. The number of aliphatic carboxylic acids is 1. The topological polar surface area (TPSA) is 117 Å². The van der Waals surface area contributed by atoms with Crippen molar-refractivity contribution in [2.75, 3.05) is 0 Å². The van der Waals surface area contributed by atoms with Crippen molar-refractivity contribution in [3.8, 4) is 50.9 Å². The van der Waals surface area contributed by atoms with E-state index in [-0.39, 0.29) is 47.3 Å². The molecule has 3 heterocycles. The first kappa shape index (κ1) is 42.9. The van der Waals surface area contributed by atoms with E-state index in [1.807, 2.05) is 42.6 Å². The predicted molar refractivity (Wildman–Crippen MR) is 221 cm³/mol. The van der Waals surface area contributed by atoms with Gasteiger partial charge in [-0.25, -0.2) is 0 Å². The SMILES string of the molecule is Cc1cc(OCc2c(-c3ccccc3OC(F)(F)F)noc2C2CC2)ccc1-c1ccc2c(CC(=O)O)csc2c1.FC(F)(F)Oc1ccccc1-c1noc(C2CC2)c1CBr. The monoisotopic (exact) mass is 940 g/mol. The molecule has 0 radical (unpaired) electrons. The number of rotatable bonds is 13. The molecule has 3 aromatic heterocycles. The average molecular weight is 942 g/mol. The van der Waals surface area contributed by atoms with Crippen molar-refractivity contribution in [1.29, 1.82) is 0 Å². The number of alkyl halides is 7. The summed E-state index contributed by atoms with van der Waals surface area (Å²) in [5.41, 5.74) is 6.31. The Balaban J connectivity index is 0.000000211. The van der Waals surface area contributed by atoms with E-state index in [9.17, 15) is 31.1 Å². The third kappa shape index (κ3) is 9.94. The van der Waals surface area contributed by atoms with Crippen LogP contribution in [0.1, 0.15) is 71.3 Å². The van der Waals surface area contributed by atoms with Gasteiger partial charge in [0.25, 0.3) is 0 Å².